The molecule has 0 amide bonds. The zero-order chi connectivity index (χ0) is 12.9. The molecule has 5 heteroatoms. The quantitative estimate of drug-likeness (QED) is 0.735. The second-order valence-corrected chi connectivity index (χ2v) is 6.15. The summed E-state index contributed by atoms with van der Waals surface area (Å²) in [6.45, 7) is 4.12. The van der Waals surface area contributed by atoms with Gasteiger partial charge in [0.1, 0.15) is 17.2 Å². The molecular formula is C13H12BrN3S. The van der Waals surface area contributed by atoms with Crippen LogP contribution in [0.3, 0.4) is 0 Å². The van der Waals surface area contributed by atoms with Crippen molar-refractivity contribution in [3.8, 4) is 10.6 Å². The molecule has 0 saturated carbocycles. The number of halogens is 1. The van der Waals surface area contributed by atoms with Gasteiger partial charge in [-0.2, -0.15) is 0 Å². The van der Waals surface area contributed by atoms with Crippen molar-refractivity contribution in [3.63, 3.8) is 0 Å². The molecule has 0 unspecified atom stereocenters. The third-order valence-electron chi connectivity index (χ3n) is 2.98. The number of pyridine rings is 1. The minimum Gasteiger partial charge on any atom is -0.383 e. The number of anilines is 1. The first-order chi connectivity index (χ1) is 8.58. The van der Waals surface area contributed by atoms with Gasteiger partial charge in [0, 0.05) is 10.7 Å². The second kappa shape index (κ2) is 4.10. The van der Waals surface area contributed by atoms with Crippen LogP contribution in [0.4, 0.5) is 5.82 Å². The van der Waals surface area contributed by atoms with E-state index in [9.17, 15) is 0 Å². The van der Waals surface area contributed by atoms with Crippen molar-refractivity contribution in [2.45, 2.75) is 13.8 Å². The molecule has 0 aromatic carbocycles. The molecule has 0 radical (unpaired) electrons. The zero-order valence-corrected chi connectivity index (χ0v) is 12.5. The SMILES string of the molecule is Cc1ccsc1-c1nc2c(C)cc(Br)cn2c1N. The summed E-state index contributed by atoms with van der Waals surface area (Å²) in [6, 6.07) is 4.14. The van der Waals surface area contributed by atoms with Crippen molar-refractivity contribution in [2.75, 3.05) is 5.73 Å². The van der Waals surface area contributed by atoms with Gasteiger partial charge in [0.15, 0.2) is 0 Å². The van der Waals surface area contributed by atoms with Crippen LogP contribution in [0, 0.1) is 13.8 Å². The van der Waals surface area contributed by atoms with Crippen LogP contribution in [0.2, 0.25) is 0 Å². The van der Waals surface area contributed by atoms with Crippen LogP contribution in [0.15, 0.2) is 28.2 Å². The average Bonchev–Trinajstić information content (AvgIpc) is 2.85. The van der Waals surface area contributed by atoms with E-state index in [-0.39, 0.29) is 0 Å². The summed E-state index contributed by atoms with van der Waals surface area (Å²) in [4.78, 5) is 5.83. The van der Waals surface area contributed by atoms with Crippen molar-refractivity contribution in [1.29, 1.82) is 0 Å². The van der Waals surface area contributed by atoms with Crippen molar-refractivity contribution in [3.05, 3.63) is 39.3 Å². The zero-order valence-electron chi connectivity index (χ0n) is 10.1. The Bertz CT molecular complexity index is 742. The highest BCUT2D eigenvalue weighted by atomic mass is 79.9. The number of nitrogen functional groups attached to an aromatic ring is 1. The molecule has 3 rings (SSSR count). The standard InChI is InChI=1S/C13H12BrN3S/c1-7-3-4-18-11(7)10-12(15)17-6-9(14)5-8(2)13(17)16-10/h3-6H,15H2,1-2H3. The summed E-state index contributed by atoms with van der Waals surface area (Å²) in [7, 11) is 0. The highest BCUT2D eigenvalue weighted by Gasteiger charge is 2.15. The molecule has 0 aliphatic rings. The van der Waals surface area contributed by atoms with Gasteiger partial charge < -0.3 is 5.73 Å². The Morgan fingerprint density at radius 3 is 2.78 bits per heavy atom. The maximum absolute atomic E-state index is 6.22. The van der Waals surface area contributed by atoms with Crippen molar-refractivity contribution in [1.82, 2.24) is 9.38 Å². The van der Waals surface area contributed by atoms with Crippen molar-refractivity contribution in [2.24, 2.45) is 0 Å². The van der Waals surface area contributed by atoms with E-state index < -0.39 is 0 Å². The third kappa shape index (κ3) is 1.66. The molecule has 0 spiro atoms. The Kier molecular flexibility index (Phi) is 2.68. The first-order valence-electron chi connectivity index (χ1n) is 5.56. The van der Waals surface area contributed by atoms with Gasteiger partial charge in [-0.3, -0.25) is 4.40 Å². The van der Waals surface area contributed by atoms with Gasteiger partial charge in [0.2, 0.25) is 0 Å². The molecule has 3 nitrogen and oxygen atoms in total. The Hall–Kier alpha value is -1.33. The fourth-order valence-electron chi connectivity index (χ4n) is 2.07. The number of nitrogens with two attached hydrogens (primary N) is 1. The number of hydrogen-bond acceptors (Lipinski definition) is 3. The fraction of sp³-hybridized carbons (Fsp3) is 0.154. The number of fused-ring (bicyclic) bond motifs is 1. The summed E-state index contributed by atoms with van der Waals surface area (Å²) in [5.74, 6) is 0.694. The van der Waals surface area contributed by atoms with Gasteiger partial charge in [0.25, 0.3) is 0 Å². The Morgan fingerprint density at radius 2 is 2.11 bits per heavy atom. The number of rotatable bonds is 1. The number of thiophene rings is 1. The summed E-state index contributed by atoms with van der Waals surface area (Å²) in [5, 5.41) is 2.07. The van der Waals surface area contributed by atoms with E-state index in [1.54, 1.807) is 11.3 Å². The lowest BCUT2D eigenvalue weighted by Crippen LogP contribution is -1.95. The Balaban J connectivity index is 2.36. The van der Waals surface area contributed by atoms with E-state index in [1.165, 1.54) is 5.56 Å². The molecule has 3 heterocycles. The molecule has 0 saturated heterocycles. The highest BCUT2D eigenvalue weighted by Crippen LogP contribution is 2.34. The van der Waals surface area contributed by atoms with Crippen LogP contribution in [0.25, 0.3) is 16.2 Å². The van der Waals surface area contributed by atoms with E-state index in [0.29, 0.717) is 5.82 Å². The largest absolute Gasteiger partial charge is 0.383 e. The van der Waals surface area contributed by atoms with E-state index in [1.807, 2.05) is 23.6 Å². The van der Waals surface area contributed by atoms with E-state index in [2.05, 4.69) is 39.3 Å². The molecular weight excluding hydrogens is 310 g/mol. The van der Waals surface area contributed by atoms with Crippen LogP contribution in [0.5, 0.6) is 0 Å². The molecule has 0 aliphatic heterocycles. The van der Waals surface area contributed by atoms with Crippen LogP contribution in [-0.4, -0.2) is 9.38 Å². The lowest BCUT2D eigenvalue weighted by Gasteiger charge is -2.00. The Labute approximate surface area is 117 Å². The monoisotopic (exact) mass is 321 g/mol. The van der Waals surface area contributed by atoms with Gasteiger partial charge in [-0.15, -0.1) is 11.3 Å². The molecule has 0 aliphatic carbocycles. The summed E-state index contributed by atoms with van der Waals surface area (Å²) in [5.41, 5.74) is 10.3. The van der Waals surface area contributed by atoms with E-state index in [4.69, 9.17) is 5.73 Å². The molecule has 0 fully saturated rings. The summed E-state index contributed by atoms with van der Waals surface area (Å²) in [6.07, 6.45) is 1.96. The number of aromatic nitrogens is 2. The topological polar surface area (TPSA) is 43.3 Å². The van der Waals surface area contributed by atoms with Gasteiger partial charge in [-0.25, -0.2) is 4.98 Å². The van der Waals surface area contributed by atoms with Gasteiger partial charge >= 0.3 is 0 Å². The molecule has 3 aromatic rings. The minimum atomic E-state index is 0.694. The van der Waals surface area contributed by atoms with Gasteiger partial charge in [0.05, 0.1) is 4.88 Å². The van der Waals surface area contributed by atoms with Crippen LogP contribution >= 0.6 is 27.3 Å². The molecule has 0 atom stereocenters. The predicted octanol–water partition coefficient (Wildman–Crippen LogP) is 4.02. The normalized spacial score (nSPS) is 11.3. The predicted molar refractivity (Wildman–Crippen MR) is 80.1 cm³/mol. The molecule has 3 aromatic heterocycles. The lowest BCUT2D eigenvalue weighted by atomic mass is 10.2. The second-order valence-electron chi connectivity index (χ2n) is 4.31. The number of hydrogen-bond donors (Lipinski definition) is 1. The van der Waals surface area contributed by atoms with Crippen molar-refractivity contribution >= 4 is 38.7 Å². The maximum atomic E-state index is 6.22. The van der Waals surface area contributed by atoms with Crippen LogP contribution in [-0.2, 0) is 0 Å². The van der Waals surface area contributed by atoms with Gasteiger partial charge in [-0.1, -0.05) is 0 Å². The third-order valence-corrected chi connectivity index (χ3v) is 4.44. The molecule has 0 bridgehead atoms. The fourth-order valence-corrected chi connectivity index (χ4v) is 3.54. The maximum Gasteiger partial charge on any atom is 0.142 e. The van der Waals surface area contributed by atoms with Gasteiger partial charge in [-0.05, 0) is 58.4 Å². The smallest absolute Gasteiger partial charge is 0.142 e. The first kappa shape index (κ1) is 11.7. The molecule has 2 N–H and O–H groups in total. The van der Waals surface area contributed by atoms with Crippen molar-refractivity contribution < 1.29 is 0 Å². The Morgan fingerprint density at radius 1 is 1.33 bits per heavy atom. The summed E-state index contributed by atoms with van der Waals surface area (Å²) < 4.78 is 2.94. The van der Waals surface area contributed by atoms with Crippen LogP contribution < -0.4 is 5.73 Å². The molecule has 18 heavy (non-hydrogen) atoms. The number of nitrogens with zero attached hydrogens (tertiary/aromatic N) is 2. The van der Waals surface area contributed by atoms with Crippen LogP contribution in [0.1, 0.15) is 11.1 Å². The minimum absolute atomic E-state index is 0.694. The first-order valence-corrected chi connectivity index (χ1v) is 7.23. The number of imidazole rings is 1. The average molecular weight is 322 g/mol. The number of aryl methyl sites for hydroxylation is 2. The molecule has 92 valence electrons. The summed E-state index contributed by atoms with van der Waals surface area (Å²) >= 11 is 5.16. The highest BCUT2D eigenvalue weighted by molar-refractivity contribution is 9.10. The lowest BCUT2D eigenvalue weighted by molar-refractivity contribution is 1.16. The van der Waals surface area contributed by atoms with E-state index >= 15 is 0 Å². The van der Waals surface area contributed by atoms with E-state index in [0.717, 1.165) is 26.3 Å².